The number of methoxy groups -OCH3 is 1. The highest BCUT2D eigenvalue weighted by Gasteiger charge is 2.69. The summed E-state index contributed by atoms with van der Waals surface area (Å²) in [5, 5.41) is 9.25. The molecule has 0 bridgehead atoms. The van der Waals surface area contributed by atoms with Crippen molar-refractivity contribution in [1.29, 1.82) is 0 Å². The fraction of sp³-hybridized carbons (Fsp3) is 0.343. The molecule has 0 spiro atoms. The quantitative estimate of drug-likeness (QED) is 0.137. The van der Waals surface area contributed by atoms with E-state index >= 15 is 4.39 Å². The van der Waals surface area contributed by atoms with Gasteiger partial charge in [0.1, 0.15) is 17.0 Å². The SMILES string of the molecule is CCC(CCOc1cc2nccc(Oc3ccc(NC(=O)[C@@]4(C(=O)Nc5ccc(F)cc5)[C@H](C)[C@@H]4C)cc3F)c2cc1OC)NC. The van der Waals surface area contributed by atoms with E-state index in [2.05, 4.69) is 27.9 Å². The molecule has 2 amide bonds. The van der Waals surface area contributed by atoms with Crippen molar-refractivity contribution in [3.05, 3.63) is 78.5 Å². The number of hydrogen-bond acceptors (Lipinski definition) is 7. The number of fused-ring (bicyclic) bond motifs is 1. The van der Waals surface area contributed by atoms with Gasteiger partial charge in [0.25, 0.3) is 0 Å². The topological polar surface area (TPSA) is 111 Å². The first-order valence-electron chi connectivity index (χ1n) is 15.2. The monoisotopic (exact) mass is 632 g/mol. The van der Waals surface area contributed by atoms with Crippen LogP contribution in [0.15, 0.2) is 66.9 Å². The van der Waals surface area contributed by atoms with Gasteiger partial charge in [0.2, 0.25) is 11.8 Å². The first-order chi connectivity index (χ1) is 22.1. The highest BCUT2D eigenvalue weighted by Crippen LogP contribution is 2.59. The number of rotatable bonds is 13. The number of ether oxygens (including phenoxy) is 3. The molecule has 4 aromatic rings. The molecule has 3 N–H and O–H groups in total. The van der Waals surface area contributed by atoms with Crippen LogP contribution in [0.3, 0.4) is 0 Å². The summed E-state index contributed by atoms with van der Waals surface area (Å²) >= 11 is 0. The summed E-state index contributed by atoms with van der Waals surface area (Å²) in [5.74, 6) is -1.42. The second-order valence-corrected chi connectivity index (χ2v) is 11.5. The van der Waals surface area contributed by atoms with Gasteiger partial charge in [-0.3, -0.25) is 14.6 Å². The summed E-state index contributed by atoms with van der Waals surface area (Å²) in [4.78, 5) is 31.1. The maximum absolute atomic E-state index is 15.4. The molecular weight excluding hydrogens is 594 g/mol. The minimum absolute atomic E-state index is 0.0700. The summed E-state index contributed by atoms with van der Waals surface area (Å²) in [6, 6.07) is 14.8. The lowest BCUT2D eigenvalue weighted by molar-refractivity contribution is -0.132. The van der Waals surface area contributed by atoms with Crippen molar-refractivity contribution in [2.45, 2.75) is 39.7 Å². The van der Waals surface area contributed by atoms with Crippen molar-refractivity contribution in [3.8, 4) is 23.0 Å². The zero-order valence-electron chi connectivity index (χ0n) is 26.4. The minimum Gasteiger partial charge on any atom is -0.493 e. The smallest absolute Gasteiger partial charge is 0.240 e. The van der Waals surface area contributed by atoms with Crippen LogP contribution in [0.1, 0.15) is 33.6 Å². The van der Waals surface area contributed by atoms with E-state index in [1.165, 1.54) is 36.4 Å². The summed E-state index contributed by atoms with van der Waals surface area (Å²) in [5.41, 5.74) is -0.240. The maximum atomic E-state index is 15.4. The van der Waals surface area contributed by atoms with Crippen molar-refractivity contribution in [2.24, 2.45) is 17.3 Å². The molecule has 0 saturated heterocycles. The molecule has 242 valence electrons. The molecule has 0 radical (unpaired) electrons. The molecule has 0 aliphatic heterocycles. The van der Waals surface area contributed by atoms with E-state index in [0.29, 0.717) is 46.5 Å². The van der Waals surface area contributed by atoms with Crippen molar-refractivity contribution in [1.82, 2.24) is 10.3 Å². The van der Waals surface area contributed by atoms with Gasteiger partial charge in [0, 0.05) is 41.1 Å². The third-order valence-electron chi connectivity index (χ3n) is 8.95. The van der Waals surface area contributed by atoms with Gasteiger partial charge in [-0.05, 0) is 80.3 Å². The number of benzene rings is 3. The molecule has 9 nitrogen and oxygen atoms in total. The summed E-state index contributed by atoms with van der Waals surface area (Å²) in [7, 11) is 3.46. The number of nitrogens with one attached hydrogen (secondary N) is 3. The van der Waals surface area contributed by atoms with Gasteiger partial charge in [-0.15, -0.1) is 0 Å². The fourth-order valence-corrected chi connectivity index (χ4v) is 5.84. The lowest BCUT2D eigenvalue weighted by Gasteiger charge is -2.18. The van der Waals surface area contributed by atoms with Crippen LogP contribution < -0.4 is 30.2 Å². The first kappa shape index (κ1) is 32.6. The Hall–Kier alpha value is -4.77. The Kier molecular flexibility index (Phi) is 9.71. The van der Waals surface area contributed by atoms with Crippen molar-refractivity contribution in [3.63, 3.8) is 0 Å². The largest absolute Gasteiger partial charge is 0.493 e. The lowest BCUT2D eigenvalue weighted by Crippen LogP contribution is -2.38. The average molecular weight is 633 g/mol. The van der Waals surface area contributed by atoms with Crippen LogP contribution in [0, 0.1) is 28.9 Å². The molecule has 1 aliphatic rings. The molecule has 5 rings (SSSR count). The van der Waals surface area contributed by atoms with Gasteiger partial charge in [0.15, 0.2) is 23.1 Å². The lowest BCUT2D eigenvalue weighted by atomic mass is 9.99. The van der Waals surface area contributed by atoms with E-state index in [-0.39, 0.29) is 23.3 Å². The number of halogens is 2. The number of aromatic nitrogens is 1. The van der Waals surface area contributed by atoms with Gasteiger partial charge < -0.3 is 30.2 Å². The predicted molar refractivity (Wildman–Crippen MR) is 172 cm³/mol. The van der Waals surface area contributed by atoms with Crippen LogP contribution in [0.4, 0.5) is 20.2 Å². The second-order valence-electron chi connectivity index (χ2n) is 11.5. The molecule has 1 heterocycles. The molecular formula is C35H38F2N4O5. The van der Waals surface area contributed by atoms with E-state index in [1.807, 2.05) is 7.05 Å². The molecule has 46 heavy (non-hydrogen) atoms. The maximum Gasteiger partial charge on any atom is 0.240 e. The third-order valence-corrected chi connectivity index (χ3v) is 8.95. The normalized spacial score (nSPS) is 19.3. The Bertz CT molecular complexity index is 1720. The second kappa shape index (κ2) is 13.7. The van der Waals surface area contributed by atoms with Gasteiger partial charge in [-0.1, -0.05) is 20.8 Å². The zero-order valence-corrected chi connectivity index (χ0v) is 26.4. The van der Waals surface area contributed by atoms with Gasteiger partial charge in [-0.2, -0.15) is 0 Å². The number of carbonyl (C=O) groups is 2. The first-order valence-corrected chi connectivity index (χ1v) is 15.2. The summed E-state index contributed by atoms with van der Waals surface area (Å²) in [6.07, 6.45) is 3.36. The Morgan fingerprint density at radius 2 is 1.57 bits per heavy atom. The van der Waals surface area contributed by atoms with Crippen molar-refractivity contribution in [2.75, 3.05) is 31.4 Å². The molecule has 1 unspecified atom stereocenters. The predicted octanol–water partition coefficient (Wildman–Crippen LogP) is 6.93. The van der Waals surface area contributed by atoms with Crippen LogP contribution in [-0.2, 0) is 9.59 Å². The number of anilines is 2. The van der Waals surface area contributed by atoms with Gasteiger partial charge >= 0.3 is 0 Å². The molecule has 1 saturated carbocycles. The number of nitrogens with zero attached hydrogens (tertiary/aromatic N) is 1. The number of pyridine rings is 1. The molecule has 4 atom stereocenters. The highest BCUT2D eigenvalue weighted by atomic mass is 19.1. The van der Waals surface area contributed by atoms with E-state index in [0.717, 1.165) is 18.9 Å². The van der Waals surface area contributed by atoms with Gasteiger partial charge in [-0.25, -0.2) is 8.78 Å². The number of amides is 2. The number of carbonyl (C=O) groups excluding carboxylic acids is 2. The zero-order chi connectivity index (χ0) is 33.0. The molecule has 1 aliphatic carbocycles. The van der Waals surface area contributed by atoms with Crippen molar-refractivity contribution < 1.29 is 32.6 Å². The average Bonchev–Trinajstić information content (AvgIpc) is 3.61. The van der Waals surface area contributed by atoms with E-state index < -0.39 is 28.9 Å². The Morgan fingerprint density at radius 3 is 2.17 bits per heavy atom. The van der Waals surface area contributed by atoms with Gasteiger partial charge in [0.05, 0.1) is 19.2 Å². The molecule has 11 heteroatoms. The Labute approximate surface area is 266 Å². The van der Waals surface area contributed by atoms with Crippen molar-refractivity contribution >= 4 is 34.1 Å². The minimum atomic E-state index is -1.36. The van der Waals surface area contributed by atoms with E-state index in [9.17, 15) is 14.0 Å². The van der Waals surface area contributed by atoms with E-state index in [4.69, 9.17) is 14.2 Å². The number of hydrogen-bond donors (Lipinski definition) is 3. The van der Waals surface area contributed by atoms with E-state index in [1.54, 1.807) is 45.4 Å². The molecule has 1 aromatic heterocycles. The third kappa shape index (κ3) is 6.46. The van der Waals surface area contributed by atoms with Crippen LogP contribution in [0.5, 0.6) is 23.0 Å². The Balaban J connectivity index is 1.30. The summed E-state index contributed by atoms with van der Waals surface area (Å²) < 4.78 is 46.2. The van der Waals surface area contributed by atoms with Crippen LogP contribution in [-0.4, -0.2) is 43.6 Å². The van der Waals surface area contributed by atoms with Crippen LogP contribution >= 0.6 is 0 Å². The molecule has 3 aromatic carbocycles. The standard InChI is InChI=1S/C35H38F2N4O5/c1-6-23(38-4)14-16-45-32-19-28-26(18-31(32)44-5)29(13-15-39-28)46-30-12-11-25(17-27(30)37)41-34(43)35(20(2)21(35)3)33(42)40-24-9-7-22(36)8-10-24/h7-13,15,17-21,23,38H,6,14,16H2,1-5H3,(H,40,42)(H,41,43)/t20-,21+,23?,35+. The fourth-order valence-electron chi connectivity index (χ4n) is 5.84. The summed E-state index contributed by atoms with van der Waals surface area (Å²) in [6.45, 7) is 6.21. The molecule has 1 fully saturated rings. The highest BCUT2D eigenvalue weighted by molar-refractivity contribution is 6.17. The van der Waals surface area contributed by atoms with Crippen LogP contribution in [0.2, 0.25) is 0 Å². The Morgan fingerprint density at radius 1 is 0.891 bits per heavy atom. The van der Waals surface area contributed by atoms with Crippen LogP contribution in [0.25, 0.3) is 10.9 Å².